The molecule has 1 heterocycles. The monoisotopic (exact) mass is 274 g/mol. The van der Waals surface area contributed by atoms with Gasteiger partial charge in [0.1, 0.15) is 11.8 Å². The number of benzene rings is 2. The van der Waals surface area contributed by atoms with Crippen LogP contribution in [0, 0.1) is 11.3 Å². The van der Waals surface area contributed by atoms with Crippen LogP contribution in [0.3, 0.4) is 0 Å². The average molecular weight is 274 g/mol. The van der Waals surface area contributed by atoms with Gasteiger partial charge in [-0.25, -0.2) is 4.98 Å². The molecule has 0 aliphatic heterocycles. The summed E-state index contributed by atoms with van der Waals surface area (Å²) in [6, 6.07) is 16.3. The van der Waals surface area contributed by atoms with Gasteiger partial charge < -0.3 is 4.74 Å². The largest absolute Gasteiger partial charge is 0.438 e. The van der Waals surface area contributed by atoms with E-state index in [1.807, 2.05) is 36.4 Å². The molecule has 0 atom stereocenters. The number of nitriles is 1. The lowest BCUT2D eigenvalue weighted by Crippen LogP contribution is -1.91. The molecule has 0 aliphatic rings. The van der Waals surface area contributed by atoms with Crippen molar-refractivity contribution in [3.8, 4) is 17.7 Å². The maximum atomic E-state index is 11.1. The van der Waals surface area contributed by atoms with Crippen LogP contribution in [0.15, 0.2) is 54.7 Å². The number of fused-ring (bicyclic) bond motifs is 1. The Balaban J connectivity index is 2.04. The molecule has 2 aromatic carbocycles. The van der Waals surface area contributed by atoms with Crippen molar-refractivity contribution < 1.29 is 9.53 Å². The molecule has 0 amide bonds. The second kappa shape index (κ2) is 5.43. The van der Waals surface area contributed by atoms with Gasteiger partial charge in [-0.3, -0.25) is 4.79 Å². The summed E-state index contributed by atoms with van der Waals surface area (Å²) in [5.41, 5.74) is 1.09. The Morgan fingerprint density at radius 1 is 1.05 bits per heavy atom. The van der Waals surface area contributed by atoms with Crippen LogP contribution >= 0.6 is 0 Å². The van der Waals surface area contributed by atoms with E-state index in [9.17, 15) is 4.79 Å². The van der Waals surface area contributed by atoms with E-state index >= 15 is 0 Å². The van der Waals surface area contributed by atoms with E-state index in [4.69, 9.17) is 10.00 Å². The first kappa shape index (κ1) is 12.8. The van der Waals surface area contributed by atoms with Crippen LogP contribution in [0.5, 0.6) is 11.6 Å². The van der Waals surface area contributed by atoms with Crippen molar-refractivity contribution in [1.29, 1.82) is 5.26 Å². The molecular formula is C17H10N2O2. The average Bonchev–Trinajstić information content (AvgIpc) is 2.55. The van der Waals surface area contributed by atoms with Gasteiger partial charge in [0, 0.05) is 23.2 Å². The molecule has 1 aromatic heterocycles. The summed E-state index contributed by atoms with van der Waals surface area (Å²) < 4.78 is 5.75. The van der Waals surface area contributed by atoms with Crippen LogP contribution in [0.4, 0.5) is 0 Å². The Hall–Kier alpha value is -3.19. The lowest BCUT2D eigenvalue weighted by atomic mass is 10.0. The molecule has 100 valence electrons. The molecule has 0 fully saturated rings. The third kappa shape index (κ3) is 2.45. The smallest absolute Gasteiger partial charge is 0.219 e. The quantitative estimate of drug-likeness (QED) is 0.683. The van der Waals surface area contributed by atoms with Gasteiger partial charge in [-0.1, -0.05) is 30.3 Å². The molecule has 0 aliphatic carbocycles. The second-order valence-corrected chi connectivity index (χ2v) is 4.42. The predicted molar refractivity (Wildman–Crippen MR) is 78.4 cm³/mol. The number of rotatable bonds is 3. The van der Waals surface area contributed by atoms with Crippen molar-refractivity contribution in [2.45, 2.75) is 0 Å². The molecule has 3 aromatic rings. The highest BCUT2D eigenvalue weighted by molar-refractivity contribution is 6.00. The van der Waals surface area contributed by atoms with Crippen molar-refractivity contribution in [2.75, 3.05) is 0 Å². The van der Waals surface area contributed by atoms with E-state index in [0.717, 1.165) is 17.1 Å². The van der Waals surface area contributed by atoms with Crippen LogP contribution in [0.25, 0.3) is 10.8 Å². The number of aromatic nitrogens is 1. The van der Waals surface area contributed by atoms with Gasteiger partial charge in [0.05, 0.1) is 5.56 Å². The summed E-state index contributed by atoms with van der Waals surface area (Å²) in [5.74, 6) is 1.02. The highest BCUT2D eigenvalue weighted by atomic mass is 16.5. The Morgan fingerprint density at radius 2 is 1.86 bits per heavy atom. The number of nitrogens with zero attached hydrogens (tertiary/aromatic N) is 2. The first-order chi connectivity index (χ1) is 10.3. The highest BCUT2D eigenvalue weighted by Gasteiger charge is 2.07. The fourth-order valence-electron chi connectivity index (χ4n) is 2.12. The normalized spacial score (nSPS) is 10.0. The first-order valence-corrected chi connectivity index (χ1v) is 6.33. The van der Waals surface area contributed by atoms with E-state index in [1.54, 1.807) is 18.2 Å². The zero-order valence-electron chi connectivity index (χ0n) is 11.0. The summed E-state index contributed by atoms with van der Waals surface area (Å²) in [4.78, 5) is 15.2. The standard InChI is InChI=1S/C17H10N2O2/c18-9-12-7-8-17(19-10-12)21-16-6-2-4-14-13(11-20)3-1-5-15(14)16/h1-8,10-11H. The minimum atomic E-state index is 0.401. The number of pyridine rings is 1. The SMILES string of the molecule is N#Cc1ccc(Oc2cccc3c(C=O)cccc23)nc1. The summed E-state index contributed by atoms with van der Waals surface area (Å²) in [7, 11) is 0. The molecule has 0 spiro atoms. The zero-order valence-corrected chi connectivity index (χ0v) is 11.0. The third-order valence-electron chi connectivity index (χ3n) is 3.12. The molecule has 21 heavy (non-hydrogen) atoms. The molecular weight excluding hydrogens is 264 g/mol. The van der Waals surface area contributed by atoms with Crippen molar-refractivity contribution in [1.82, 2.24) is 4.98 Å². The van der Waals surface area contributed by atoms with Gasteiger partial charge in [-0.2, -0.15) is 5.26 Å². The van der Waals surface area contributed by atoms with Gasteiger partial charge in [0.25, 0.3) is 0 Å². The highest BCUT2D eigenvalue weighted by Crippen LogP contribution is 2.30. The van der Waals surface area contributed by atoms with Gasteiger partial charge in [0.15, 0.2) is 6.29 Å². The summed E-state index contributed by atoms with van der Waals surface area (Å²) >= 11 is 0. The van der Waals surface area contributed by atoms with Gasteiger partial charge in [-0.15, -0.1) is 0 Å². The third-order valence-corrected chi connectivity index (χ3v) is 3.12. The van der Waals surface area contributed by atoms with Crippen molar-refractivity contribution in [2.24, 2.45) is 0 Å². The van der Waals surface area contributed by atoms with Crippen LogP contribution in [-0.4, -0.2) is 11.3 Å². The Morgan fingerprint density at radius 3 is 2.57 bits per heavy atom. The predicted octanol–water partition coefficient (Wildman–Crippen LogP) is 3.71. The first-order valence-electron chi connectivity index (χ1n) is 6.33. The summed E-state index contributed by atoms with van der Waals surface area (Å²) in [5, 5.41) is 10.4. The summed E-state index contributed by atoms with van der Waals surface area (Å²) in [6.45, 7) is 0. The van der Waals surface area contributed by atoms with Crippen molar-refractivity contribution in [3.63, 3.8) is 0 Å². The lowest BCUT2D eigenvalue weighted by molar-refractivity contribution is 0.112. The number of ether oxygens (including phenoxy) is 1. The maximum Gasteiger partial charge on any atom is 0.219 e. The summed E-state index contributed by atoms with van der Waals surface area (Å²) in [6.07, 6.45) is 2.28. The van der Waals surface area contributed by atoms with E-state index in [-0.39, 0.29) is 0 Å². The Kier molecular flexibility index (Phi) is 3.32. The number of hydrogen-bond acceptors (Lipinski definition) is 4. The second-order valence-electron chi connectivity index (χ2n) is 4.42. The fraction of sp³-hybridized carbons (Fsp3) is 0. The zero-order chi connectivity index (χ0) is 14.7. The number of carbonyl (C=O) groups is 1. The van der Waals surface area contributed by atoms with Crippen LogP contribution < -0.4 is 4.74 Å². The topological polar surface area (TPSA) is 63.0 Å². The molecule has 0 unspecified atom stereocenters. The van der Waals surface area contributed by atoms with Crippen LogP contribution in [-0.2, 0) is 0 Å². The molecule has 0 saturated carbocycles. The van der Waals surface area contributed by atoms with Gasteiger partial charge >= 0.3 is 0 Å². The molecule has 3 rings (SSSR count). The molecule has 0 saturated heterocycles. The van der Waals surface area contributed by atoms with Gasteiger partial charge in [0.2, 0.25) is 5.88 Å². The van der Waals surface area contributed by atoms with E-state index < -0.39 is 0 Å². The molecule has 0 bridgehead atoms. The fourth-order valence-corrected chi connectivity index (χ4v) is 2.12. The Labute approximate surface area is 121 Å². The lowest BCUT2D eigenvalue weighted by Gasteiger charge is -2.09. The Bertz CT molecular complexity index is 849. The van der Waals surface area contributed by atoms with Gasteiger partial charge in [-0.05, 0) is 17.5 Å². The molecule has 0 radical (unpaired) electrons. The molecule has 4 heteroatoms. The van der Waals surface area contributed by atoms with Crippen molar-refractivity contribution in [3.05, 3.63) is 65.9 Å². The minimum absolute atomic E-state index is 0.401. The van der Waals surface area contributed by atoms with Crippen LogP contribution in [0.2, 0.25) is 0 Å². The van der Waals surface area contributed by atoms with E-state index in [2.05, 4.69) is 4.98 Å². The number of carbonyl (C=O) groups excluding carboxylic acids is 1. The van der Waals surface area contributed by atoms with E-state index in [1.165, 1.54) is 6.20 Å². The minimum Gasteiger partial charge on any atom is -0.438 e. The van der Waals surface area contributed by atoms with E-state index in [0.29, 0.717) is 22.8 Å². The maximum absolute atomic E-state index is 11.1. The molecule has 0 N–H and O–H groups in total. The number of aldehydes is 1. The molecule has 4 nitrogen and oxygen atoms in total. The van der Waals surface area contributed by atoms with Crippen LogP contribution in [0.1, 0.15) is 15.9 Å². The van der Waals surface area contributed by atoms with Crippen molar-refractivity contribution >= 4 is 17.1 Å². The number of hydrogen-bond donors (Lipinski definition) is 0.